The number of thiophene rings is 1. The van der Waals surface area contributed by atoms with Gasteiger partial charge in [0.25, 0.3) is 5.91 Å². The molecule has 2 heterocycles. The summed E-state index contributed by atoms with van der Waals surface area (Å²) in [5.74, 6) is 0.0786. The maximum absolute atomic E-state index is 11.9. The van der Waals surface area contributed by atoms with Gasteiger partial charge in [0.2, 0.25) is 0 Å². The summed E-state index contributed by atoms with van der Waals surface area (Å²) >= 11 is 1.58. The van der Waals surface area contributed by atoms with E-state index in [9.17, 15) is 4.79 Å². The second-order valence-corrected chi connectivity index (χ2v) is 5.62. The van der Waals surface area contributed by atoms with Crippen LogP contribution >= 0.6 is 23.7 Å². The zero-order chi connectivity index (χ0) is 11.5. The van der Waals surface area contributed by atoms with Gasteiger partial charge in [0, 0.05) is 17.5 Å². The molecule has 1 atom stereocenters. The van der Waals surface area contributed by atoms with Gasteiger partial charge in [-0.15, -0.1) is 23.7 Å². The standard InChI is InChI=1S/C12H18N2OS.ClH/c1-8-6-11(16-9(8)2)12(15)14-10-4-3-5-13-7-10;/h6,10,13H,3-5,7H2,1-2H3,(H,14,15);1H/t10-;/m1./s1. The third-order valence-corrected chi connectivity index (χ3v) is 4.17. The van der Waals surface area contributed by atoms with E-state index in [0.717, 1.165) is 30.8 Å². The average molecular weight is 275 g/mol. The van der Waals surface area contributed by atoms with Crippen molar-refractivity contribution in [2.45, 2.75) is 32.7 Å². The monoisotopic (exact) mass is 274 g/mol. The number of halogens is 1. The smallest absolute Gasteiger partial charge is 0.261 e. The van der Waals surface area contributed by atoms with Crippen LogP contribution in [0.3, 0.4) is 0 Å². The Morgan fingerprint density at radius 1 is 1.53 bits per heavy atom. The minimum atomic E-state index is 0. The highest BCUT2D eigenvalue weighted by Crippen LogP contribution is 2.20. The second kappa shape index (κ2) is 6.38. The van der Waals surface area contributed by atoms with Crippen LogP contribution < -0.4 is 10.6 Å². The predicted molar refractivity (Wildman–Crippen MR) is 74.4 cm³/mol. The first kappa shape index (κ1) is 14.5. The number of aryl methyl sites for hydroxylation is 2. The molecule has 0 spiro atoms. The molecule has 0 saturated carbocycles. The van der Waals surface area contributed by atoms with Crippen LogP contribution in [0.1, 0.15) is 33.0 Å². The largest absolute Gasteiger partial charge is 0.347 e. The zero-order valence-electron chi connectivity index (χ0n) is 10.2. The fraction of sp³-hybridized carbons (Fsp3) is 0.583. The molecule has 96 valence electrons. The van der Waals surface area contributed by atoms with Gasteiger partial charge in [-0.05, 0) is 44.9 Å². The molecule has 0 radical (unpaired) electrons. The summed E-state index contributed by atoms with van der Waals surface area (Å²) in [5, 5.41) is 6.38. The van der Waals surface area contributed by atoms with E-state index in [2.05, 4.69) is 17.6 Å². The molecule has 1 aromatic rings. The molecule has 1 saturated heterocycles. The molecule has 2 N–H and O–H groups in total. The van der Waals surface area contributed by atoms with E-state index in [0.29, 0.717) is 6.04 Å². The number of carbonyl (C=O) groups is 1. The van der Waals surface area contributed by atoms with Gasteiger partial charge in [0.05, 0.1) is 4.88 Å². The lowest BCUT2D eigenvalue weighted by Crippen LogP contribution is -2.45. The maximum Gasteiger partial charge on any atom is 0.261 e. The number of hydrogen-bond acceptors (Lipinski definition) is 3. The minimum absolute atomic E-state index is 0. The first-order valence-electron chi connectivity index (χ1n) is 5.75. The summed E-state index contributed by atoms with van der Waals surface area (Å²) in [6.07, 6.45) is 2.23. The number of piperidine rings is 1. The molecule has 5 heteroatoms. The van der Waals surface area contributed by atoms with E-state index in [1.54, 1.807) is 11.3 Å². The van der Waals surface area contributed by atoms with Crippen molar-refractivity contribution in [1.29, 1.82) is 0 Å². The highest BCUT2D eigenvalue weighted by molar-refractivity contribution is 7.14. The number of amides is 1. The van der Waals surface area contributed by atoms with Crippen LogP contribution in [-0.4, -0.2) is 25.0 Å². The van der Waals surface area contributed by atoms with Crippen molar-refractivity contribution in [2.24, 2.45) is 0 Å². The maximum atomic E-state index is 11.9. The normalized spacial score (nSPS) is 19.5. The lowest BCUT2D eigenvalue weighted by molar-refractivity contribution is 0.0935. The van der Waals surface area contributed by atoms with Gasteiger partial charge in [0.15, 0.2) is 0 Å². The van der Waals surface area contributed by atoms with Crippen molar-refractivity contribution in [3.63, 3.8) is 0 Å². The molecule has 1 aliphatic rings. The van der Waals surface area contributed by atoms with Gasteiger partial charge < -0.3 is 10.6 Å². The van der Waals surface area contributed by atoms with E-state index in [1.165, 1.54) is 10.4 Å². The quantitative estimate of drug-likeness (QED) is 0.869. The summed E-state index contributed by atoms with van der Waals surface area (Å²) < 4.78 is 0. The predicted octanol–water partition coefficient (Wildman–Crippen LogP) is 2.27. The Kier molecular flexibility index (Phi) is 5.43. The van der Waals surface area contributed by atoms with E-state index in [1.807, 2.05) is 13.0 Å². The zero-order valence-corrected chi connectivity index (χ0v) is 11.8. The van der Waals surface area contributed by atoms with Crippen molar-refractivity contribution in [2.75, 3.05) is 13.1 Å². The third-order valence-electron chi connectivity index (χ3n) is 3.02. The molecular weight excluding hydrogens is 256 g/mol. The first-order valence-corrected chi connectivity index (χ1v) is 6.57. The molecule has 0 aliphatic carbocycles. The Bertz CT molecular complexity index is 366. The Labute approximate surface area is 112 Å². The van der Waals surface area contributed by atoms with Gasteiger partial charge in [0.1, 0.15) is 0 Å². The van der Waals surface area contributed by atoms with Crippen LogP contribution in [0, 0.1) is 13.8 Å². The van der Waals surface area contributed by atoms with Crippen molar-refractivity contribution in [3.05, 3.63) is 21.4 Å². The van der Waals surface area contributed by atoms with Gasteiger partial charge in [-0.2, -0.15) is 0 Å². The van der Waals surface area contributed by atoms with E-state index >= 15 is 0 Å². The van der Waals surface area contributed by atoms with Gasteiger partial charge in [-0.1, -0.05) is 0 Å². The molecule has 3 nitrogen and oxygen atoms in total. The lowest BCUT2D eigenvalue weighted by Gasteiger charge is -2.23. The molecule has 0 unspecified atom stereocenters. The number of hydrogen-bond donors (Lipinski definition) is 2. The number of nitrogens with one attached hydrogen (secondary N) is 2. The van der Waals surface area contributed by atoms with Crippen molar-refractivity contribution < 1.29 is 4.79 Å². The number of rotatable bonds is 2. The highest BCUT2D eigenvalue weighted by Gasteiger charge is 2.17. The second-order valence-electron chi connectivity index (χ2n) is 4.37. The minimum Gasteiger partial charge on any atom is -0.347 e. The number of carbonyl (C=O) groups excluding carboxylic acids is 1. The highest BCUT2D eigenvalue weighted by atomic mass is 35.5. The van der Waals surface area contributed by atoms with E-state index in [-0.39, 0.29) is 18.3 Å². The molecule has 1 amide bonds. The molecule has 1 fully saturated rings. The Morgan fingerprint density at radius 2 is 2.29 bits per heavy atom. The van der Waals surface area contributed by atoms with Gasteiger partial charge in [-0.25, -0.2) is 0 Å². The summed E-state index contributed by atoms with van der Waals surface area (Å²) in [6, 6.07) is 2.27. The van der Waals surface area contributed by atoms with Crippen molar-refractivity contribution >= 4 is 29.7 Å². The third kappa shape index (κ3) is 3.69. The fourth-order valence-corrected chi connectivity index (χ4v) is 2.85. The first-order chi connectivity index (χ1) is 7.66. The van der Waals surface area contributed by atoms with E-state index < -0.39 is 0 Å². The van der Waals surface area contributed by atoms with E-state index in [4.69, 9.17) is 0 Å². The van der Waals surface area contributed by atoms with Gasteiger partial charge >= 0.3 is 0 Å². The fourth-order valence-electron chi connectivity index (χ4n) is 1.92. The summed E-state index contributed by atoms with van der Waals surface area (Å²) in [5.41, 5.74) is 1.21. The van der Waals surface area contributed by atoms with Crippen LogP contribution in [0.2, 0.25) is 0 Å². The van der Waals surface area contributed by atoms with Crippen LogP contribution in [0.5, 0.6) is 0 Å². The van der Waals surface area contributed by atoms with Crippen LogP contribution in [0.4, 0.5) is 0 Å². The van der Waals surface area contributed by atoms with Crippen molar-refractivity contribution in [1.82, 2.24) is 10.6 Å². The Balaban J connectivity index is 0.00000144. The Hall–Kier alpha value is -0.580. The lowest BCUT2D eigenvalue weighted by atomic mass is 10.1. The molecule has 17 heavy (non-hydrogen) atoms. The van der Waals surface area contributed by atoms with Crippen LogP contribution in [0.15, 0.2) is 6.07 Å². The Morgan fingerprint density at radius 3 is 2.82 bits per heavy atom. The molecular formula is C12H19ClN2OS. The van der Waals surface area contributed by atoms with Crippen LogP contribution in [0.25, 0.3) is 0 Å². The molecule has 2 rings (SSSR count). The van der Waals surface area contributed by atoms with Crippen molar-refractivity contribution in [3.8, 4) is 0 Å². The molecule has 1 aliphatic heterocycles. The summed E-state index contributed by atoms with van der Waals surface area (Å²) in [4.78, 5) is 14.0. The molecule has 0 aromatic carbocycles. The topological polar surface area (TPSA) is 41.1 Å². The molecule has 0 bridgehead atoms. The average Bonchev–Trinajstić information content (AvgIpc) is 2.61. The molecule has 1 aromatic heterocycles. The summed E-state index contributed by atoms with van der Waals surface area (Å²) in [7, 11) is 0. The van der Waals surface area contributed by atoms with Crippen LogP contribution in [-0.2, 0) is 0 Å². The van der Waals surface area contributed by atoms with Gasteiger partial charge in [-0.3, -0.25) is 4.79 Å². The summed E-state index contributed by atoms with van der Waals surface area (Å²) in [6.45, 7) is 6.07. The SMILES string of the molecule is Cc1cc(C(=O)N[C@@H]2CCCNC2)sc1C.Cl.